The summed E-state index contributed by atoms with van der Waals surface area (Å²) in [5.41, 5.74) is 5.96. The molecule has 0 aliphatic carbocycles. The fourth-order valence-electron chi connectivity index (χ4n) is 3.43. The molecule has 0 aromatic heterocycles. The van der Waals surface area contributed by atoms with E-state index in [0.29, 0.717) is 5.75 Å². The van der Waals surface area contributed by atoms with E-state index in [1.807, 2.05) is 60.7 Å². The Morgan fingerprint density at radius 1 is 0.583 bits per heavy atom. The molecule has 4 aromatic rings. The molecule has 0 heterocycles. The van der Waals surface area contributed by atoms with E-state index in [2.05, 4.69) is 12.1 Å². The predicted octanol–water partition coefficient (Wildman–Crippen LogP) is 6.46. The van der Waals surface area contributed by atoms with Gasteiger partial charge in [-0.3, -0.25) is 9.11 Å². The number of hydrogen-bond acceptors (Lipinski definition) is 4. The van der Waals surface area contributed by atoms with Crippen LogP contribution in [0.25, 0.3) is 35.4 Å². The second kappa shape index (κ2) is 11.3. The first-order valence-electron chi connectivity index (χ1n) is 10.8. The third kappa shape index (κ3) is 7.10. The summed E-state index contributed by atoms with van der Waals surface area (Å²) < 4.78 is 55.5. The molecule has 0 radical (unpaired) electrons. The van der Waals surface area contributed by atoms with Crippen LogP contribution in [0.5, 0.6) is 5.75 Å². The fraction of sp³-hybridized carbons (Fsp3) is 0. The first kappa shape index (κ1) is 25.3. The van der Waals surface area contributed by atoms with Crippen LogP contribution in [0.4, 0.5) is 0 Å². The van der Waals surface area contributed by atoms with Gasteiger partial charge in [0.2, 0.25) is 0 Å². The van der Waals surface area contributed by atoms with Gasteiger partial charge in [-0.1, -0.05) is 97.1 Å². The van der Waals surface area contributed by atoms with Crippen LogP contribution in [-0.4, -0.2) is 21.7 Å². The van der Waals surface area contributed by atoms with Crippen LogP contribution in [-0.2, 0) is 21.5 Å². The number of hydrogen-bond donors (Lipinski definition) is 2. The highest BCUT2D eigenvalue weighted by Gasteiger charge is 2.07. The molecular formula is C28H22O6S2. The van der Waals surface area contributed by atoms with Crippen molar-refractivity contribution in [2.45, 2.75) is 4.90 Å². The van der Waals surface area contributed by atoms with Crippen molar-refractivity contribution in [3.63, 3.8) is 0 Å². The molecule has 0 saturated carbocycles. The van der Waals surface area contributed by atoms with Gasteiger partial charge in [0.15, 0.2) is 0 Å². The normalized spacial score (nSPS) is 12.7. The molecule has 1 atom stereocenters. The summed E-state index contributed by atoms with van der Waals surface area (Å²) in [6, 6.07) is 29.1. The molecule has 4 rings (SSSR count). The van der Waals surface area contributed by atoms with E-state index in [1.54, 1.807) is 36.4 Å². The van der Waals surface area contributed by atoms with Crippen molar-refractivity contribution in [2.75, 3.05) is 0 Å². The van der Waals surface area contributed by atoms with Crippen molar-refractivity contribution in [1.29, 1.82) is 0 Å². The van der Waals surface area contributed by atoms with E-state index in [1.165, 1.54) is 12.1 Å². The van der Waals surface area contributed by atoms with Crippen LogP contribution in [0.2, 0.25) is 0 Å². The van der Waals surface area contributed by atoms with Gasteiger partial charge in [-0.25, -0.2) is 0 Å². The Morgan fingerprint density at radius 2 is 0.917 bits per heavy atom. The van der Waals surface area contributed by atoms with Gasteiger partial charge in [0, 0.05) is 0 Å². The molecule has 0 amide bonds. The zero-order valence-electron chi connectivity index (χ0n) is 18.9. The van der Waals surface area contributed by atoms with Crippen LogP contribution < -0.4 is 4.18 Å². The summed E-state index contributed by atoms with van der Waals surface area (Å²) >= 11 is -2.33. The minimum absolute atomic E-state index is 0.131. The molecule has 0 bridgehead atoms. The third-order valence-corrected chi connectivity index (χ3v) is 6.52. The topological polar surface area (TPSA) is 101 Å². The Labute approximate surface area is 212 Å². The summed E-state index contributed by atoms with van der Waals surface area (Å²) in [4.78, 5) is -0.131. The average Bonchev–Trinajstić information content (AvgIpc) is 2.87. The molecule has 0 fully saturated rings. The Kier molecular flexibility index (Phi) is 7.92. The lowest BCUT2D eigenvalue weighted by atomic mass is 10.0. The van der Waals surface area contributed by atoms with Gasteiger partial charge in [0.1, 0.15) is 5.75 Å². The molecule has 0 aliphatic heterocycles. The van der Waals surface area contributed by atoms with Crippen molar-refractivity contribution in [2.24, 2.45) is 0 Å². The monoisotopic (exact) mass is 518 g/mol. The summed E-state index contributed by atoms with van der Waals surface area (Å²) in [5, 5.41) is 0. The van der Waals surface area contributed by atoms with Gasteiger partial charge in [0.25, 0.3) is 10.1 Å². The van der Waals surface area contributed by atoms with Gasteiger partial charge in [-0.15, -0.1) is 0 Å². The smallest absolute Gasteiger partial charge is 0.357 e. The van der Waals surface area contributed by atoms with Gasteiger partial charge < -0.3 is 4.18 Å². The van der Waals surface area contributed by atoms with E-state index >= 15 is 0 Å². The van der Waals surface area contributed by atoms with Crippen LogP contribution in [0.3, 0.4) is 0 Å². The van der Waals surface area contributed by atoms with Crippen LogP contribution in [0.15, 0.2) is 102 Å². The van der Waals surface area contributed by atoms with Gasteiger partial charge >= 0.3 is 11.4 Å². The number of benzene rings is 4. The largest absolute Gasteiger partial charge is 0.380 e. The summed E-state index contributed by atoms with van der Waals surface area (Å²) in [7, 11) is -4.19. The Bertz CT molecular complexity index is 1500. The highest BCUT2D eigenvalue weighted by atomic mass is 32.2. The predicted molar refractivity (Wildman–Crippen MR) is 144 cm³/mol. The van der Waals surface area contributed by atoms with Crippen LogP contribution >= 0.6 is 0 Å². The van der Waals surface area contributed by atoms with Crippen molar-refractivity contribution in [1.82, 2.24) is 0 Å². The van der Waals surface area contributed by atoms with Gasteiger partial charge in [-0.2, -0.15) is 12.6 Å². The lowest BCUT2D eigenvalue weighted by Gasteiger charge is -2.04. The standard InChI is InChI=1S/C28H22O6S2/c29-35(30)34-27-17-9-23(10-18-27)3-1-21-5-13-25(14-6-21)26-15-7-22(8-16-26)2-4-24-11-19-28(20-12-24)36(31,32)33/h1-20H,(H,29,30)(H,31,32,33). The van der Waals surface area contributed by atoms with Gasteiger partial charge in [0.05, 0.1) is 4.90 Å². The molecule has 2 N–H and O–H groups in total. The highest BCUT2D eigenvalue weighted by Crippen LogP contribution is 2.22. The maximum atomic E-state index is 11.1. The van der Waals surface area contributed by atoms with Crippen LogP contribution in [0.1, 0.15) is 22.3 Å². The van der Waals surface area contributed by atoms with Crippen molar-refractivity contribution in [3.05, 3.63) is 119 Å². The molecule has 182 valence electrons. The van der Waals surface area contributed by atoms with Crippen LogP contribution in [0, 0.1) is 0 Å². The van der Waals surface area contributed by atoms with Crippen molar-refractivity contribution < 1.29 is 25.9 Å². The minimum Gasteiger partial charge on any atom is -0.380 e. The highest BCUT2D eigenvalue weighted by molar-refractivity contribution is 7.85. The zero-order valence-corrected chi connectivity index (χ0v) is 20.5. The van der Waals surface area contributed by atoms with E-state index in [0.717, 1.165) is 33.4 Å². The molecule has 36 heavy (non-hydrogen) atoms. The molecule has 0 saturated heterocycles. The fourth-order valence-corrected chi connectivity index (χ4v) is 4.18. The van der Waals surface area contributed by atoms with E-state index < -0.39 is 21.5 Å². The molecule has 4 aromatic carbocycles. The Hall–Kier alpha value is -3.82. The first-order chi connectivity index (χ1) is 17.3. The quantitative estimate of drug-likeness (QED) is 0.158. The second-order valence-electron chi connectivity index (χ2n) is 7.82. The average molecular weight is 519 g/mol. The summed E-state index contributed by atoms with van der Waals surface area (Å²) in [6.45, 7) is 0. The lowest BCUT2D eigenvalue weighted by molar-refractivity contribution is 0.458. The van der Waals surface area contributed by atoms with Crippen molar-refractivity contribution >= 4 is 45.8 Å². The summed E-state index contributed by atoms with van der Waals surface area (Å²) in [5.74, 6) is 0.327. The minimum atomic E-state index is -4.19. The maximum Gasteiger partial charge on any atom is 0.357 e. The maximum absolute atomic E-state index is 11.1. The van der Waals surface area contributed by atoms with E-state index in [9.17, 15) is 12.6 Å². The molecule has 0 aliphatic rings. The second-order valence-corrected chi connectivity index (χ2v) is 9.85. The molecular weight excluding hydrogens is 496 g/mol. The Morgan fingerprint density at radius 3 is 1.25 bits per heavy atom. The van der Waals surface area contributed by atoms with E-state index in [-0.39, 0.29) is 4.90 Å². The van der Waals surface area contributed by atoms with Crippen molar-refractivity contribution in [3.8, 4) is 16.9 Å². The zero-order chi connectivity index (χ0) is 25.5. The lowest BCUT2D eigenvalue weighted by Crippen LogP contribution is -1.97. The first-order valence-corrected chi connectivity index (χ1v) is 13.3. The van der Waals surface area contributed by atoms with E-state index in [4.69, 9.17) is 13.3 Å². The molecule has 8 heteroatoms. The SMILES string of the molecule is O=S(O)Oc1ccc(C=Cc2ccc(-c3ccc(C=Cc4ccc(S(=O)(=O)O)cc4)cc3)cc2)cc1. The number of rotatable bonds is 8. The molecule has 0 spiro atoms. The molecule has 1 unspecified atom stereocenters. The third-order valence-electron chi connectivity index (χ3n) is 5.32. The Balaban J connectivity index is 1.38. The summed E-state index contributed by atoms with van der Waals surface area (Å²) in [6.07, 6.45) is 7.74. The molecule has 6 nitrogen and oxygen atoms in total. The van der Waals surface area contributed by atoms with Gasteiger partial charge in [-0.05, 0) is 57.6 Å².